The van der Waals surface area contributed by atoms with Gasteiger partial charge in [0.2, 0.25) is 5.91 Å². The van der Waals surface area contributed by atoms with E-state index in [1.54, 1.807) is 0 Å². The van der Waals surface area contributed by atoms with E-state index in [1.807, 2.05) is 0 Å². The predicted octanol–water partition coefficient (Wildman–Crippen LogP) is 3.59. The molecule has 6 heteroatoms. The summed E-state index contributed by atoms with van der Waals surface area (Å²) in [4.78, 5) is 12.7. The van der Waals surface area contributed by atoms with Crippen molar-refractivity contribution in [3.8, 4) is 0 Å². The van der Waals surface area contributed by atoms with Crippen molar-refractivity contribution >= 4 is 17.5 Å². The van der Waals surface area contributed by atoms with Crippen molar-refractivity contribution < 1.29 is 18.0 Å². The number of rotatable bonds is 5. The summed E-state index contributed by atoms with van der Waals surface area (Å²) in [6, 6.07) is 0. The molecule has 0 aromatic heterocycles. The Balaban J connectivity index is 2.47. The molecule has 1 rings (SSSR count). The van der Waals surface area contributed by atoms with Crippen molar-refractivity contribution in [3.05, 3.63) is 0 Å². The number of carbonyl (C=O) groups excluding carboxylic acids is 1. The lowest BCUT2D eigenvalue weighted by molar-refractivity contribution is -0.161. The highest BCUT2D eigenvalue weighted by Crippen LogP contribution is 2.27. The second-order valence-corrected chi connectivity index (χ2v) is 5.21. The van der Waals surface area contributed by atoms with Gasteiger partial charge in [-0.1, -0.05) is 19.3 Å². The van der Waals surface area contributed by atoms with E-state index in [9.17, 15) is 18.0 Å². The van der Waals surface area contributed by atoms with Gasteiger partial charge >= 0.3 is 6.18 Å². The van der Waals surface area contributed by atoms with Gasteiger partial charge in [0.15, 0.2) is 0 Å². The van der Waals surface area contributed by atoms with Crippen LogP contribution in [0.4, 0.5) is 13.2 Å². The lowest BCUT2D eigenvalue weighted by atomic mass is 9.86. The Hall–Kier alpha value is -0.450. The molecular weight excluding hydrogens is 267 g/mol. The van der Waals surface area contributed by atoms with Crippen LogP contribution in [0.3, 0.4) is 0 Å². The van der Waals surface area contributed by atoms with Crippen LogP contribution in [0.1, 0.15) is 38.5 Å². The number of halogens is 4. The van der Waals surface area contributed by atoms with Crippen LogP contribution in [0, 0.1) is 5.92 Å². The highest BCUT2D eigenvalue weighted by atomic mass is 35.5. The third-order valence-electron chi connectivity index (χ3n) is 3.27. The van der Waals surface area contributed by atoms with E-state index in [0.29, 0.717) is 0 Å². The number of hydrogen-bond donors (Lipinski definition) is 0. The van der Waals surface area contributed by atoms with E-state index in [1.165, 1.54) is 6.42 Å². The first kappa shape index (κ1) is 15.6. The van der Waals surface area contributed by atoms with Crippen LogP contribution < -0.4 is 0 Å². The maximum Gasteiger partial charge on any atom is 0.406 e. The normalized spacial score (nSPS) is 17.8. The van der Waals surface area contributed by atoms with E-state index < -0.39 is 18.6 Å². The molecule has 0 aliphatic heterocycles. The summed E-state index contributed by atoms with van der Waals surface area (Å²) in [6.45, 7) is -1.22. The van der Waals surface area contributed by atoms with Gasteiger partial charge in [-0.3, -0.25) is 4.79 Å². The SMILES string of the molecule is O=C(CC1CCCCC1)N(CCCl)CC(F)(F)F. The van der Waals surface area contributed by atoms with Crippen molar-refractivity contribution in [2.45, 2.75) is 44.7 Å². The predicted molar refractivity (Wildman–Crippen MR) is 64.5 cm³/mol. The maximum atomic E-state index is 12.3. The lowest BCUT2D eigenvalue weighted by Crippen LogP contribution is -2.41. The lowest BCUT2D eigenvalue weighted by Gasteiger charge is -2.27. The molecule has 0 aromatic rings. The molecule has 0 spiro atoms. The fourth-order valence-electron chi connectivity index (χ4n) is 2.38. The Bertz CT molecular complexity index is 265. The minimum Gasteiger partial charge on any atom is -0.332 e. The molecule has 0 radical (unpaired) electrons. The van der Waals surface area contributed by atoms with Gasteiger partial charge in [0.25, 0.3) is 0 Å². The number of amides is 1. The minimum atomic E-state index is -4.35. The van der Waals surface area contributed by atoms with E-state index in [4.69, 9.17) is 11.6 Å². The third kappa shape index (κ3) is 5.94. The van der Waals surface area contributed by atoms with Crippen LogP contribution in [-0.2, 0) is 4.79 Å². The van der Waals surface area contributed by atoms with Gasteiger partial charge in [0, 0.05) is 18.8 Å². The van der Waals surface area contributed by atoms with Crippen LogP contribution in [-0.4, -0.2) is 36.0 Å². The van der Waals surface area contributed by atoms with Gasteiger partial charge < -0.3 is 4.90 Å². The van der Waals surface area contributed by atoms with Crippen LogP contribution in [0.25, 0.3) is 0 Å². The fraction of sp³-hybridized carbons (Fsp3) is 0.917. The van der Waals surface area contributed by atoms with E-state index in [0.717, 1.165) is 30.6 Å². The summed E-state index contributed by atoms with van der Waals surface area (Å²) >= 11 is 5.45. The average Bonchev–Trinajstić information content (AvgIpc) is 2.28. The largest absolute Gasteiger partial charge is 0.406 e. The molecule has 0 heterocycles. The summed E-state index contributed by atoms with van der Waals surface area (Å²) in [5.41, 5.74) is 0. The minimum absolute atomic E-state index is 0.0342. The van der Waals surface area contributed by atoms with Gasteiger partial charge in [-0.2, -0.15) is 13.2 Å². The number of nitrogens with zero attached hydrogens (tertiary/aromatic N) is 1. The Morgan fingerprint density at radius 3 is 2.33 bits per heavy atom. The summed E-state index contributed by atoms with van der Waals surface area (Å²) in [6.07, 6.45) is 1.10. The first-order valence-corrected chi connectivity index (χ1v) is 6.86. The quantitative estimate of drug-likeness (QED) is 0.707. The van der Waals surface area contributed by atoms with Gasteiger partial charge in [-0.25, -0.2) is 0 Å². The average molecular weight is 286 g/mol. The topological polar surface area (TPSA) is 20.3 Å². The van der Waals surface area contributed by atoms with Crippen molar-refractivity contribution in [1.29, 1.82) is 0 Å². The Morgan fingerprint density at radius 2 is 1.83 bits per heavy atom. The molecule has 1 aliphatic carbocycles. The molecule has 106 valence electrons. The van der Waals surface area contributed by atoms with Crippen molar-refractivity contribution in [2.75, 3.05) is 19.0 Å². The molecule has 0 bridgehead atoms. The molecule has 0 atom stereocenters. The molecular formula is C12H19ClF3NO. The highest BCUT2D eigenvalue weighted by Gasteiger charge is 2.33. The molecule has 1 aliphatic rings. The molecule has 1 amide bonds. The van der Waals surface area contributed by atoms with Crippen molar-refractivity contribution in [3.63, 3.8) is 0 Å². The molecule has 0 saturated heterocycles. The monoisotopic (exact) mass is 285 g/mol. The number of alkyl halides is 4. The standard InChI is InChI=1S/C12H19ClF3NO/c13-6-7-17(9-12(14,15)16)11(18)8-10-4-2-1-3-5-10/h10H,1-9H2. The molecule has 0 aromatic carbocycles. The summed E-state index contributed by atoms with van der Waals surface area (Å²) in [5.74, 6) is -0.135. The zero-order valence-electron chi connectivity index (χ0n) is 10.3. The van der Waals surface area contributed by atoms with Crippen LogP contribution in [0.15, 0.2) is 0 Å². The van der Waals surface area contributed by atoms with Crippen LogP contribution in [0.5, 0.6) is 0 Å². The molecule has 2 nitrogen and oxygen atoms in total. The fourth-order valence-corrected chi connectivity index (χ4v) is 2.58. The van der Waals surface area contributed by atoms with Gasteiger partial charge in [-0.05, 0) is 18.8 Å². The maximum absolute atomic E-state index is 12.3. The molecule has 1 fully saturated rings. The Kier molecular flexibility index (Phi) is 6.26. The first-order chi connectivity index (χ1) is 8.42. The first-order valence-electron chi connectivity index (χ1n) is 6.33. The summed E-state index contributed by atoms with van der Waals surface area (Å²) in [5, 5.41) is 0. The molecule has 0 N–H and O–H groups in total. The second-order valence-electron chi connectivity index (χ2n) is 4.83. The smallest absolute Gasteiger partial charge is 0.332 e. The Morgan fingerprint density at radius 1 is 1.22 bits per heavy atom. The van der Waals surface area contributed by atoms with Gasteiger partial charge in [-0.15, -0.1) is 11.6 Å². The van der Waals surface area contributed by atoms with Crippen molar-refractivity contribution in [2.24, 2.45) is 5.92 Å². The zero-order valence-corrected chi connectivity index (χ0v) is 11.1. The van der Waals surface area contributed by atoms with Gasteiger partial charge in [0.05, 0.1) is 0 Å². The Labute approximate surface area is 110 Å². The number of carbonyl (C=O) groups is 1. The summed E-state index contributed by atoms with van der Waals surface area (Å²) in [7, 11) is 0. The van der Waals surface area contributed by atoms with Gasteiger partial charge in [0.1, 0.15) is 6.54 Å². The molecule has 1 saturated carbocycles. The van der Waals surface area contributed by atoms with Crippen LogP contribution >= 0.6 is 11.6 Å². The zero-order chi connectivity index (χ0) is 13.6. The van der Waals surface area contributed by atoms with Crippen molar-refractivity contribution in [1.82, 2.24) is 4.90 Å². The molecule has 0 unspecified atom stereocenters. The molecule has 18 heavy (non-hydrogen) atoms. The second kappa shape index (κ2) is 7.22. The van der Waals surface area contributed by atoms with E-state index in [2.05, 4.69) is 0 Å². The number of hydrogen-bond acceptors (Lipinski definition) is 1. The van der Waals surface area contributed by atoms with Crippen LogP contribution in [0.2, 0.25) is 0 Å². The summed E-state index contributed by atoms with van der Waals surface area (Å²) < 4.78 is 37.0. The third-order valence-corrected chi connectivity index (χ3v) is 3.43. The highest BCUT2D eigenvalue weighted by molar-refractivity contribution is 6.18. The van der Waals surface area contributed by atoms with E-state index in [-0.39, 0.29) is 24.8 Å². The van der Waals surface area contributed by atoms with E-state index >= 15 is 0 Å².